The number of aromatic nitrogens is 1. The molecule has 6 heteroatoms. The van der Waals surface area contributed by atoms with E-state index in [1.54, 1.807) is 19.2 Å². The fourth-order valence-corrected chi connectivity index (χ4v) is 3.40. The summed E-state index contributed by atoms with van der Waals surface area (Å²) in [5.74, 6) is -0.879. The van der Waals surface area contributed by atoms with Crippen LogP contribution in [0.2, 0.25) is 0 Å². The minimum absolute atomic E-state index is 0.112. The fraction of sp³-hybridized carbons (Fsp3) is 0.130. The van der Waals surface area contributed by atoms with Crippen molar-refractivity contribution in [2.75, 3.05) is 0 Å². The molecule has 2 aromatic heterocycles. The van der Waals surface area contributed by atoms with Crippen LogP contribution in [0.5, 0.6) is 0 Å². The predicted octanol–water partition coefficient (Wildman–Crippen LogP) is 2.83. The summed E-state index contributed by atoms with van der Waals surface area (Å²) in [6, 6.07) is 17.4. The van der Waals surface area contributed by atoms with Gasteiger partial charge in [0.2, 0.25) is 0 Å². The van der Waals surface area contributed by atoms with E-state index in [1.807, 2.05) is 54.6 Å². The first-order valence-corrected chi connectivity index (χ1v) is 9.25. The zero-order chi connectivity index (χ0) is 20.4. The first-order chi connectivity index (χ1) is 14.0. The van der Waals surface area contributed by atoms with Gasteiger partial charge in [0, 0.05) is 29.1 Å². The first-order valence-electron chi connectivity index (χ1n) is 9.25. The number of carboxylic acid groups (broad SMARTS) is 1. The fourth-order valence-electron chi connectivity index (χ4n) is 3.40. The molecule has 0 saturated carbocycles. The summed E-state index contributed by atoms with van der Waals surface area (Å²) < 4.78 is 5.70. The first kappa shape index (κ1) is 18.6. The molecule has 146 valence electrons. The van der Waals surface area contributed by atoms with Crippen molar-refractivity contribution in [3.63, 3.8) is 0 Å². The molecule has 2 aromatic carbocycles. The molecule has 4 rings (SSSR count). The van der Waals surface area contributed by atoms with Gasteiger partial charge in [0.05, 0.1) is 17.6 Å². The summed E-state index contributed by atoms with van der Waals surface area (Å²) in [7, 11) is 0. The number of rotatable bonds is 6. The molecule has 0 fully saturated rings. The van der Waals surface area contributed by atoms with E-state index in [0.29, 0.717) is 17.1 Å². The summed E-state index contributed by atoms with van der Waals surface area (Å²) in [6.07, 6.45) is 1.86. The summed E-state index contributed by atoms with van der Waals surface area (Å²) in [4.78, 5) is 27.5. The van der Waals surface area contributed by atoms with Gasteiger partial charge < -0.3 is 24.6 Å². The van der Waals surface area contributed by atoms with Crippen molar-refractivity contribution in [3.8, 4) is 11.3 Å². The highest BCUT2D eigenvalue weighted by Crippen LogP contribution is 2.25. The number of carbonyl (C=O) groups is 2. The lowest BCUT2D eigenvalue weighted by Gasteiger charge is -2.19. The Balaban J connectivity index is 1.55. The molecule has 2 N–H and O–H groups in total. The van der Waals surface area contributed by atoms with Gasteiger partial charge in [-0.3, -0.25) is 4.79 Å². The van der Waals surface area contributed by atoms with E-state index in [0.717, 1.165) is 22.0 Å². The van der Waals surface area contributed by atoms with E-state index < -0.39 is 17.9 Å². The van der Waals surface area contributed by atoms with Crippen LogP contribution in [-0.2, 0) is 11.2 Å². The van der Waals surface area contributed by atoms with Crippen LogP contribution in [0.3, 0.4) is 0 Å². The number of H-pyrrole nitrogens is 1. The Morgan fingerprint density at radius 1 is 1.10 bits per heavy atom. The number of para-hydroxylation sites is 1. The van der Waals surface area contributed by atoms with Crippen molar-refractivity contribution in [2.45, 2.75) is 19.4 Å². The Labute approximate surface area is 167 Å². The molecule has 0 aliphatic heterocycles. The van der Waals surface area contributed by atoms with E-state index in [2.05, 4.69) is 10.3 Å². The van der Waals surface area contributed by atoms with Gasteiger partial charge in [0.1, 0.15) is 11.5 Å². The van der Waals surface area contributed by atoms with E-state index in [1.165, 1.54) is 0 Å². The predicted molar refractivity (Wildman–Crippen MR) is 107 cm³/mol. The molecule has 0 spiro atoms. The lowest BCUT2D eigenvalue weighted by atomic mass is 10.0. The number of nitrogens with one attached hydrogen (secondary N) is 2. The molecule has 2 heterocycles. The quantitative estimate of drug-likeness (QED) is 0.531. The number of amides is 1. The number of benzene rings is 2. The Morgan fingerprint density at radius 3 is 2.59 bits per heavy atom. The van der Waals surface area contributed by atoms with Gasteiger partial charge in [-0.25, -0.2) is 0 Å². The molecular formula is C23H19N2O4-. The van der Waals surface area contributed by atoms with Crippen LogP contribution in [0.4, 0.5) is 0 Å². The molecule has 1 amide bonds. The van der Waals surface area contributed by atoms with Crippen molar-refractivity contribution in [2.24, 2.45) is 0 Å². The molecule has 6 nitrogen and oxygen atoms in total. The number of aryl methyl sites for hydroxylation is 1. The molecule has 0 unspecified atom stereocenters. The summed E-state index contributed by atoms with van der Waals surface area (Å²) in [5.41, 5.74) is 2.84. The van der Waals surface area contributed by atoms with Gasteiger partial charge in [-0.2, -0.15) is 0 Å². The smallest absolute Gasteiger partial charge is 0.255 e. The number of aliphatic carboxylic acids is 1. The molecule has 4 aromatic rings. The molecular weight excluding hydrogens is 368 g/mol. The average Bonchev–Trinajstić information content (AvgIpc) is 3.32. The van der Waals surface area contributed by atoms with Crippen molar-refractivity contribution < 1.29 is 19.1 Å². The third-order valence-corrected chi connectivity index (χ3v) is 4.91. The van der Waals surface area contributed by atoms with Crippen LogP contribution >= 0.6 is 0 Å². The van der Waals surface area contributed by atoms with Gasteiger partial charge >= 0.3 is 0 Å². The number of hydrogen-bond acceptors (Lipinski definition) is 4. The van der Waals surface area contributed by atoms with Crippen molar-refractivity contribution in [3.05, 3.63) is 83.7 Å². The maximum absolute atomic E-state index is 12.7. The van der Waals surface area contributed by atoms with E-state index in [-0.39, 0.29) is 6.42 Å². The lowest BCUT2D eigenvalue weighted by molar-refractivity contribution is -0.308. The van der Waals surface area contributed by atoms with Gasteiger partial charge in [-0.1, -0.05) is 48.5 Å². The summed E-state index contributed by atoms with van der Waals surface area (Å²) in [6.45, 7) is 1.68. The zero-order valence-electron chi connectivity index (χ0n) is 15.8. The topological polar surface area (TPSA) is 98.2 Å². The summed E-state index contributed by atoms with van der Waals surface area (Å²) >= 11 is 0. The minimum Gasteiger partial charge on any atom is -0.548 e. The Hall–Kier alpha value is -3.80. The van der Waals surface area contributed by atoms with E-state index >= 15 is 0 Å². The maximum atomic E-state index is 12.7. The summed E-state index contributed by atoms with van der Waals surface area (Å²) in [5, 5.41) is 15.2. The van der Waals surface area contributed by atoms with Crippen LogP contribution in [-0.4, -0.2) is 22.9 Å². The Bertz CT molecular complexity index is 1170. The van der Waals surface area contributed by atoms with Crippen molar-refractivity contribution in [1.29, 1.82) is 0 Å². The van der Waals surface area contributed by atoms with Crippen LogP contribution in [0.1, 0.15) is 21.7 Å². The second-order valence-corrected chi connectivity index (χ2v) is 6.86. The largest absolute Gasteiger partial charge is 0.548 e. The molecule has 29 heavy (non-hydrogen) atoms. The van der Waals surface area contributed by atoms with Crippen LogP contribution in [0.15, 0.2) is 71.3 Å². The highest BCUT2D eigenvalue weighted by molar-refractivity contribution is 5.98. The molecule has 0 bridgehead atoms. The SMILES string of the molecule is Cc1oc(-c2ccccc2)cc1C(=O)N[C@@H](Cc1c[nH]c2ccccc12)C(=O)[O-]. The van der Waals surface area contributed by atoms with E-state index in [9.17, 15) is 14.7 Å². The molecule has 0 aliphatic carbocycles. The maximum Gasteiger partial charge on any atom is 0.255 e. The molecule has 0 saturated heterocycles. The third-order valence-electron chi connectivity index (χ3n) is 4.91. The third kappa shape index (κ3) is 3.78. The highest BCUT2D eigenvalue weighted by atomic mass is 16.4. The number of carbonyl (C=O) groups excluding carboxylic acids is 2. The standard InChI is InChI=1S/C23H20N2O4/c1-14-18(12-21(29-14)15-7-3-2-4-8-15)22(26)25-20(23(27)28)11-16-13-24-19-10-6-5-9-17(16)19/h2-10,12-13,20,24H,11H2,1H3,(H,25,26)(H,27,28)/p-1/t20-/m0/s1. The molecule has 0 radical (unpaired) electrons. The number of fused-ring (bicyclic) bond motifs is 1. The average molecular weight is 387 g/mol. The van der Waals surface area contributed by atoms with Gasteiger partial charge in [0.15, 0.2) is 0 Å². The highest BCUT2D eigenvalue weighted by Gasteiger charge is 2.21. The second kappa shape index (κ2) is 7.67. The van der Waals surface area contributed by atoms with Crippen molar-refractivity contribution >= 4 is 22.8 Å². The van der Waals surface area contributed by atoms with Crippen LogP contribution in [0.25, 0.3) is 22.2 Å². The van der Waals surface area contributed by atoms with Crippen LogP contribution in [0, 0.1) is 6.92 Å². The second-order valence-electron chi connectivity index (χ2n) is 6.86. The molecule has 0 aliphatic rings. The number of aromatic amines is 1. The zero-order valence-corrected chi connectivity index (χ0v) is 15.8. The van der Waals surface area contributed by atoms with Crippen molar-refractivity contribution in [1.82, 2.24) is 10.3 Å². The lowest BCUT2D eigenvalue weighted by Crippen LogP contribution is -2.49. The number of carboxylic acids is 1. The van der Waals surface area contributed by atoms with Gasteiger partial charge in [-0.05, 0) is 24.6 Å². The van der Waals surface area contributed by atoms with Crippen LogP contribution < -0.4 is 10.4 Å². The normalized spacial score (nSPS) is 12.0. The number of hydrogen-bond donors (Lipinski definition) is 2. The number of furan rings is 1. The Kier molecular flexibility index (Phi) is 4.91. The minimum atomic E-state index is -1.34. The molecule has 1 atom stereocenters. The Morgan fingerprint density at radius 2 is 1.83 bits per heavy atom. The monoisotopic (exact) mass is 387 g/mol. The van der Waals surface area contributed by atoms with E-state index in [4.69, 9.17) is 4.42 Å². The van der Waals surface area contributed by atoms with Gasteiger partial charge in [0.25, 0.3) is 5.91 Å². The van der Waals surface area contributed by atoms with Gasteiger partial charge in [-0.15, -0.1) is 0 Å².